The maximum atomic E-state index is 15.1. The first-order chi connectivity index (χ1) is 31.5. The van der Waals surface area contributed by atoms with E-state index in [1.165, 1.54) is 4.90 Å². The van der Waals surface area contributed by atoms with Crippen LogP contribution in [0.5, 0.6) is 11.5 Å². The van der Waals surface area contributed by atoms with Crippen LogP contribution in [0.3, 0.4) is 0 Å². The van der Waals surface area contributed by atoms with Crippen LogP contribution in [0.25, 0.3) is 11.3 Å². The van der Waals surface area contributed by atoms with Gasteiger partial charge in [-0.1, -0.05) is 72.6 Å². The number of fused-ring (bicyclic) bond motifs is 1. The molecule has 3 amide bonds. The number of ketones is 1. The number of imidazole rings is 1. The minimum Gasteiger partial charge on any atom is -0.457 e. The highest BCUT2D eigenvalue weighted by Gasteiger charge is 2.42. The second-order valence-electron chi connectivity index (χ2n) is 18.3. The summed E-state index contributed by atoms with van der Waals surface area (Å²) in [5, 5.41) is 11.6. The normalized spacial score (nSPS) is 21.9. The summed E-state index contributed by atoms with van der Waals surface area (Å²) < 4.78 is 8.55. The third kappa shape index (κ3) is 11.7. The van der Waals surface area contributed by atoms with Crippen LogP contribution in [0.1, 0.15) is 73.0 Å². The average molecular weight is 972 g/mol. The van der Waals surface area contributed by atoms with Crippen LogP contribution in [0.2, 0.25) is 10.0 Å². The number of hydrogen-bond acceptors (Lipinski definition) is 8. The molecule has 0 spiro atoms. The van der Waals surface area contributed by atoms with Crippen molar-refractivity contribution in [2.75, 3.05) is 41.3 Å². The molecule has 0 unspecified atom stereocenters. The molecule has 4 aromatic carbocycles. The highest BCUT2D eigenvalue weighted by molar-refractivity contribution is 6.31. The Hall–Kier alpha value is -5.24. The molecule has 2 aliphatic rings. The molecular formula is C52H61Cl3N6O6. The van der Waals surface area contributed by atoms with Crippen molar-refractivity contribution in [2.24, 2.45) is 18.9 Å². The van der Waals surface area contributed by atoms with E-state index >= 15 is 9.59 Å². The minimum absolute atomic E-state index is 0. The molecule has 2 heterocycles. The number of aromatic nitrogens is 2. The lowest BCUT2D eigenvalue weighted by Crippen LogP contribution is -2.52. The molecule has 0 saturated carbocycles. The van der Waals surface area contributed by atoms with Crippen LogP contribution in [-0.2, 0) is 45.7 Å². The van der Waals surface area contributed by atoms with Gasteiger partial charge in [0.05, 0.1) is 55.5 Å². The molecule has 356 valence electrons. The third-order valence-corrected chi connectivity index (χ3v) is 13.9. The Morgan fingerprint density at radius 2 is 1.49 bits per heavy atom. The van der Waals surface area contributed by atoms with E-state index in [1.807, 2.05) is 81.9 Å². The Labute approximate surface area is 410 Å². The molecule has 6 atom stereocenters. The zero-order chi connectivity index (χ0) is 47.4. The van der Waals surface area contributed by atoms with E-state index in [-0.39, 0.29) is 56.1 Å². The predicted molar refractivity (Wildman–Crippen MR) is 265 cm³/mol. The van der Waals surface area contributed by atoms with Crippen molar-refractivity contribution >= 4 is 59.1 Å². The summed E-state index contributed by atoms with van der Waals surface area (Å²) in [6, 6.07) is 26.6. The highest BCUT2D eigenvalue weighted by Crippen LogP contribution is 2.47. The molecule has 67 heavy (non-hydrogen) atoms. The van der Waals surface area contributed by atoms with Crippen LogP contribution in [-0.4, -0.2) is 111 Å². The van der Waals surface area contributed by atoms with Crippen LogP contribution in [0.15, 0.2) is 97.2 Å². The predicted octanol–water partition coefficient (Wildman–Crippen LogP) is 8.79. The molecule has 0 bridgehead atoms. The smallest absolute Gasteiger partial charge is 0.228 e. The van der Waals surface area contributed by atoms with Gasteiger partial charge in [-0.2, -0.15) is 0 Å². The zero-order valence-corrected chi connectivity index (χ0v) is 41.5. The second-order valence-corrected chi connectivity index (χ2v) is 19.2. The van der Waals surface area contributed by atoms with Crippen molar-refractivity contribution in [2.45, 2.75) is 76.5 Å². The summed E-state index contributed by atoms with van der Waals surface area (Å²) in [5.74, 6) is -1.57. The number of benzene rings is 4. The van der Waals surface area contributed by atoms with E-state index < -0.39 is 48.1 Å². The molecular weight excluding hydrogens is 911 g/mol. The summed E-state index contributed by atoms with van der Waals surface area (Å²) in [4.78, 5) is 70.3. The van der Waals surface area contributed by atoms with Crippen molar-refractivity contribution in [3.63, 3.8) is 0 Å². The van der Waals surface area contributed by atoms with Gasteiger partial charge in [0, 0.05) is 61.7 Å². The Bertz CT molecular complexity index is 2550. The van der Waals surface area contributed by atoms with Gasteiger partial charge in [-0.15, -0.1) is 12.4 Å². The molecule has 1 N–H and O–H groups in total. The minimum atomic E-state index is -1.08. The molecule has 1 fully saturated rings. The molecule has 7 rings (SSSR count). The first-order valence-corrected chi connectivity index (χ1v) is 23.3. The maximum absolute atomic E-state index is 15.1. The highest BCUT2D eigenvalue weighted by atomic mass is 35.5. The van der Waals surface area contributed by atoms with Gasteiger partial charge in [0.1, 0.15) is 17.3 Å². The molecule has 1 aromatic heterocycles. The summed E-state index contributed by atoms with van der Waals surface area (Å²) in [7, 11) is 9.36. The number of halogens is 3. The largest absolute Gasteiger partial charge is 0.457 e. The Kier molecular flexibility index (Phi) is 17.0. The fraction of sp³-hybridized carbons (Fsp3) is 0.404. The lowest BCUT2D eigenvalue weighted by Gasteiger charge is -2.37. The lowest BCUT2D eigenvalue weighted by atomic mass is 9.82. The van der Waals surface area contributed by atoms with Gasteiger partial charge in [-0.05, 0) is 111 Å². The van der Waals surface area contributed by atoms with Gasteiger partial charge in [0.15, 0.2) is 5.78 Å². The second kappa shape index (κ2) is 22.2. The third-order valence-electron chi connectivity index (χ3n) is 13.4. The average Bonchev–Trinajstić information content (AvgIpc) is 3.83. The van der Waals surface area contributed by atoms with Gasteiger partial charge in [-0.25, -0.2) is 4.98 Å². The maximum Gasteiger partial charge on any atom is 0.228 e. The first-order valence-electron chi connectivity index (χ1n) is 22.5. The van der Waals surface area contributed by atoms with E-state index in [9.17, 15) is 14.7 Å². The number of rotatable bonds is 11. The number of likely N-dealkylation sites (N-methyl/N-ethyl adjacent to an activating group) is 2. The van der Waals surface area contributed by atoms with Gasteiger partial charge in [-0.3, -0.25) is 19.2 Å². The number of Topliss-reactive ketones (excluding diaryl/α,β-unsaturated/α-hetero) is 1. The number of hydrogen-bond donors (Lipinski definition) is 1. The molecule has 0 radical (unpaired) electrons. The van der Waals surface area contributed by atoms with Crippen LogP contribution >= 0.6 is 35.6 Å². The summed E-state index contributed by atoms with van der Waals surface area (Å²) >= 11 is 12.8. The zero-order valence-electron chi connectivity index (χ0n) is 39.2. The van der Waals surface area contributed by atoms with Crippen molar-refractivity contribution in [1.29, 1.82) is 0 Å². The summed E-state index contributed by atoms with van der Waals surface area (Å²) in [6.07, 6.45) is 2.44. The number of aliphatic hydroxyl groups excluding tert-OH is 1. The van der Waals surface area contributed by atoms with Crippen molar-refractivity contribution in [3.8, 4) is 22.8 Å². The van der Waals surface area contributed by atoms with E-state index in [0.717, 1.165) is 33.8 Å². The number of carbonyl (C=O) groups is 4. The van der Waals surface area contributed by atoms with Gasteiger partial charge in [0.2, 0.25) is 17.7 Å². The van der Waals surface area contributed by atoms with Gasteiger partial charge in [0.25, 0.3) is 0 Å². The van der Waals surface area contributed by atoms with Gasteiger partial charge < -0.3 is 34.0 Å². The molecule has 1 aliphatic heterocycles. The Morgan fingerprint density at radius 1 is 0.821 bits per heavy atom. The first kappa shape index (κ1) is 51.2. The molecule has 5 aromatic rings. The fourth-order valence-electron chi connectivity index (χ4n) is 9.56. The van der Waals surface area contributed by atoms with Crippen LogP contribution < -0.4 is 4.74 Å². The Morgan fingerprint density at radius 3 is 2.16 bits per heavy atom. The summed E-state index contributed by atoms with van der Waals surface area (Å²) in [5.41, 5.74) is 5.57. The molecule has 1 saturated heterocycles. The van der Waals surface area contributed by atoms with E-state index in [1.54, 1.807) is 61.2 Å². The summed E-state index contributed by atoms with van der Waals surface area (Å²) in [6.45, 7) is 3.99. The van der Waals surface area contributed by atoms with E-state index in [0.29, 0.717) is 46.5 Å². The quantitative estimate of drug-likeness (QED) is 0.139. The standard InChI is InChI=1S/C52H60Cl2N6O6.ClH/c1-32-22-44(43-11-9-8-10-42(32)43)45-26-50(63)60(28-36-14-19-39(54)25-48(36)66-41-20-15-35(16-21-41)46-27-55-49(59(46)7)30-56(3)4)33(2)47(62)24-37(31-61)51(64)58(6)40(29-57(5)52(45)65)23-34-12-17-38(53)18-13-34;/h8-21,25,27,32-33,37,40,44-45,61H,22-24,26,28-31H2,1-7H3;1H/t32-,33-,37-,40+,44-,45-;/m0./s1. The number of nitrogens with zero attached hydrogens (tertiary/aromatic N) is 6. The lowest BCUT2D eigenvalue weighted by molar-refractivity contribution is -0.148. The number of amides is 3. The molecule has 12 nitrogen and oxygen atoms in total. The number of ether oxygens (including phenoxy) is 1. The topological polar surface area (TPSA) is 129 Å². The van der Waals surface area contributed by atoms with Crippen molar-refractivity contribution in [3.05, 3.63) is 135 Å². The van der Waals surface area contributed by atoms with Crippen molar-refractivity contribution < 1.29 is 29.0 Å². The molecule has 15 heteroatoms. The van der Waals surface area contributed by atoms with Crippen LogP contribution in [0, 0.1) is 11.8 Å². The Balaban J connectivity index is 0.00000741. The monoisotopic (exact) mass is 970 g/mol. The van der Waals surface area contributed by atoms with Crippen molar-refractivity contribution in [1.82, 2.24) is 29.2 Å². The fourth-order valence-corrected chi connectivity index (χ4v) is 9.84. The molecule has 1 aliphatic carbocycles. The van der Waals surface area contributed by atoms with Gasteiger partial charge >= 0.3 is 0 Å². The number of aliphatic hydroxyl groups is 1. The number of carbonyl (C=O) groups excluding carboxylic acids is 4. The SMILES string of the molecule is C[C@H]1C[C@H]([C@@H]2CC(=O)N(Cc3ccc(Cl)cc3Oc3ccc(-c4cnc(CN(C)C)n4C)cc3)[C@@H](C)C(=O)C[C@@H](CO)C(=O)N(C)[C@H](Cc3ccc(Cl)cc3)CN(C)C2=O)c2ccccc21.Cl. The van der Waals surface area contributed by atoms with E-state index in [4.69, 9.17) is 27.9 Å². The van der Waals surface area contributed by atoms with E-state index in [2.05, 4.69) is 27.4 Å². The van der Waals surface area contributed by atoms with Crippen LogP contribution in [0.4, 0.5) is 0 Å².